The molecule has 9 nitrogen and oxygen atoms in total. The van der Waals surface area contributed by atoms with Gasteiger partial charge < -0.3 is 25.6 Å². The van der Waals surface area contributed by atoms with Gasteiger partial charge in [-0.2, -0.15) is 5.10 Å². The number of aromatic nitrogens is 2. The molecule has 0 bridgehead atoms. The molecule has 0 spiro atoms. The van der Waals surface area contributed by atoms with Crippen LogP contribution in [0.3, 0.4) is 0 Å². The lowest BCUT2D eigenvalue weighted by Gasteiger charge is -2.38. The van der Waals surface area contributed by atoms with Crippen molar-refractivity contribution >= 4 is 23.6 Å². The summed E-state index contributed by atoms with van der Waals surface area (Å²) in [5.41, 5.74) is 2.30. The number of alkyl carbamates (subject to hydrolysis) is 1. The topological polar surface area (TPSA) is 101 Å². The maximum atomic E-state index is 13.4. The fourth-order valence-corrected chi connectivity index (χ4v) is 5.37. The summed E-state index contributed by atoms with van der Waals surface area (Å²) >= 11 is 0. The van der Waals surface area contributed by atoms with Crippen LogP contribution in [0.5, 0.6) is 0 Å². The molecular formula is C33H38N6O3. The number of likely N-dealkylation sites (tertiary alicyclic amines) is 1. The SMILES string of the molecule is Cn1ncc(NC(=O)N2CCC(NC(=O)OC(C)(C)C)C2)c1NC(c1ccccc1)(c1ccccc1)c1ccccc1. The van der Waals surface area contributed by atoms with E-state index in [1.54, 1.807) is 15.8 Å². The quantitative estimate of drug-likeness (QED) is 0.240. The van der Waals surface area contributed by atoms with Crippen LogP contribution in [0.1, 0.15) is 43.9 Å². The molecule has 1 saturated heterocycles. The number of urea groups is 1. The molecule has 42 heavy (non-hydrogen) atoms. The minimum atomic E-state index is -0.785. The van der Waals surface area contributed by atoms with Crippen LogP contribution in [0.25, 0.3) is 0 Å². The lowest BCUT2D eigenvalue weighted by atomic mass is 9.77. The number of amides is 3. The number of nitrogens with one attached hydrogen (secondary N) is 3. The van der Waals surface area contributed by atoms with Crippen molar-refractivity contribution in [1.29, 1.82) is 0 Å². The maximum absolute atomic E-state index is 13.4. The Hall–Kier alpha value is -4.79. The molecule has 3 N–H and O–H groups in total. The summed E-state index contributed by atoms with van der Waals surface area (Å²) in [6, 6.07) is 30.3. The normalized spacial score (nSPS) is 15.2. The molecule has 1 aliphatic heterocycles. The highest BCUT2D eigenvalue weighted by Crippen LogP contribution is 2.41. The van der Waals surface area contributed by atoms with E-state index in [1.165, 1.54) is 0 Å². The number of hydrogen-bond donors (Lipinski definition) is 3. The monoisotopic (exact) mass is 566 g/mol. The minimum Gasteiger partial charge on any atom is -0.444 e. The number of nitrogens with zero attached hydrogens (tertiary/aromatic N) is 3. The zero-order chi connectivity index (χ0) is 29.7. The molecule has 1 fully saturated rings. The third-order valence-electron chi connectivity index (χ3n) is 7.30. The Morgan fingerprint density at radius 3 is 1.88 bits per heavy atom. The van der Waals surface area contributed by atoms with E-state index in [0.29, 0.717) is 31.0 Å². The molecule has 218 valence electrons. The van der Waals surface area contributed by atoms with E-state index in [1.807, 2.05) is 82.4 Å². The zero-order valence-corrected chi connectivity index (χ0v) is 24.5. The Morgan fingerprint density at radius 1 is 0.857 bits per heavy atom. The Morgan fingerprint density at radius 2 is 1.38 bits per heavy atom. The lowest BCUT2D eigenvalue weighted by Crippen LogP contribution is -2.42. The van der Waals surface area contributed by atoms with E-state index < -0.39 is 17.2 Å². The highest BCUT2D eigenvalue weighted by atomic mass is 16.6. The van der Waals surface area contributed by atoms with Gasteiger partial charge in [-0.05, 0) is 43.9 Å². The maximum Gasteiger partial charge on any atom is 0.407 e. The largest absolute Gasteiger partial charge is 0.444 e. The number of carbonyl (C=O) groups is 2. The Labute approximate surface area is 246 Å². The minimum absolute atomic E-state index is 0.181. The van der Waals surface area contributed by atoms with Gasteiger partial charge in [-0.25, -0.2) is 9.59 Å². The zero-order valence-electron chi connectivity index (χ0n) is 24.5. The summed E-state index contributed by atoms with van der Waals surface area (Å²) in [6.45, 7) is 6.36. The van der Waals surface area contributed by atoms with Crippen molar-refractivity contribution in [1.82, 2.24) is 20.0 Å². The van der Waals surface area contributed by atoms with Crippen LogP contribution in [-0.2, 0) is 17.3 Å². The highest BCUT2D eigenvalue weighted by Gasteiger charge is 2.38. The predicted octanol–water partition coefficient (Wildman–Crippen LogP) is 5.96. The highest BCUT2D eigenvalue weighted by molar-refractivity contribution is 5.93. The molecule has 3 aromatic carbocycles. The van der Waals surface area contributed by atoms with Gasteiger partial charge in [0.25, 0.3) is 0 Å². The smallest absolute Gasteiger partial charge is 0.407 e. The number of hydrogen-bond acceptors (Lipinski definition) is 5. The average Bonchev–Trinajstić information content (AvgIpc) is 3.58. The Bertz CT molecular complexity index is 1400. The van der Waals surface area contributed by atoms with Gasteiger partial charge in [0.15, 0.2) is 0 Å². The van der Waals surface area contributed by atoms with Crippen molar-refractivity contribution < 1.29 is 14.3 Å². The number of ether oxygens (including phenoxy) is 1. The van der Waals surface area contributed by atoms with Crippen LogP contribution in [0.15, 0.2) is 97.2 Å². The van der Waals surface area contributed by atoms with Gasteiger partial charge >= 0.3 is 12.1 Å². The van der Waals surface area contributed by atoms with Gasteiger partial charge in [0.2, 0.25) is 0 Å². The van der Waals surface area contributed by atoms with E-state index >= 15 is 0 Å². The van der Waals surface area contributed by atoms with E-state index in [4.69, 9.17) is 4.74 Å². The van der Waals surface area contributed by atoms with Gasteiger partial charge in [0.05, 0.1) is 12.2 Å². The first-order valence-electron chi connectivity index (χ1n) is 14.2. The van der Waals surface area contributed by atoms with E-state index in [0.717, 1.165) is 16.7 Å². The van der Waals surface area contributed by atoms with Crippen LogP contribution in [0.2, 0.25) is 0 Å². The first-order chi connectivity index (χ1) is 20.2. The Kier molecular flexibility index (Phi) is 8.20. The Balaban J connectivity index is 1.43. The van der Waals surface area contributed by atoms with Crippen molar-refractivity contribution in [2.45, 2.75) is 44.4 Å². The summed E-state index contributed by atoms with van der Waals surface area (Å²) < 4.78 is 7.11. The van der Waals surface area contributed by atoms with E-state index in [9.17, 15) is 9.59 Å². The van der Waals surface area contributed by atoms with Crippen LogP contribution in [0.4, 0.5) is 21.1 Å². The van der Waals surface area contributed by atoms with E-state index in [-0.39, 0.29) is 12.1 Å². The first kappa shape index (κ1) is 28.7. The molecule has 1 aromatic heterocycles. The van der Waals surface area contributed by atoms with E-state index in [2.05, 4.69) is 57.4 Å². The molecule has 2 heterocycles. The molecular weight excluding hydrogens is 528 g/mol. The molecule has 5 rings (SSSR count). The first-order valence-corrected chi connectivity index (χ1v) is 14.2. The summed E-state index contributed by atoms with van der Waals surface area (Å²) in [6.07, 6.45) is 1.81. The van der Waals surface area contributed by atoms with Gasteiger partial charge in [0, 0.05) is 20.1 Å². The van der Waals surface area contributed by atoms with Gasteiger partial charge in [-0.15, -0.1) is 0 Å². The molecule has 0 aliphatic carbocycles. The molecule has 9 heteroatoms. The predicted molar refractivity (Wildman–Crippen MR) is 164 cm³/mol. The molecule has 0 radical (unpaired) electrons. The van der Waals surface area contributed by atoms with Crippen LogP contribution in [0, 0.1) is 0 Å². The third-order valence-corrected chi connectivity index (χ3v) is 7.30. The number of anilines is 2. The molecule has 1 aliphatic rings. The van der Waals surface area contributed by atoms with Crippen molar-refractivity contribution in [3.8, 4) is 0 Å². The van der Waals surface area contributed by atoms with Crippen molar-refractivity contribution in [2.75, 3.05) is 23.7 Å². The third kappa shape index (κ3) is 6.25. The van der Waals surface area contributed by atoms with Gasteiger partial charge in [-0.1, -0.05) is 91.0 Å². The number of rotatable bonds is 7. The van der Waals surface area contributed by atoms with Crippen LogP contribution >= 0.6 is 0 Å². The van der Waals surface area contributed by atoms with Crippen molar-refractivity contribution in [3.05, 3.63) is 114 Å². The lowest BCUT2D eigenvalue weighted by molar-refractivity contribution is 0.0506. The van der Waals surface area contributed by atoms with Crippen LogP contribution in [-0.4, -0.2) is 51.5 Å². The molecule has 3 amide bonds. The van der Waals surface area contributed by atoms with Crippen molar-refractivity contribution in [2.24, 2.45) is 7.05 Å². The number of aryl methyl sites for hydroxylation is 1. The standard InChI is InChI=1S/C33H38N6O3/c1-32(2,3)42-31(41)35-27-20-21-39(23-27)30(40)36-28-22-34-38(4)29(28)37-33(24-14-8-5-9-15-24,25-16-10-6-11-17-25)26-18-12-7-13-19-26/h5-19,22,27,37H,20-21,23H2,1-4H3,(H,35,41)(H,36,40). The second-order valence-corrected chi connectivity index (χ2v) is 11.5. The molecule has 4 aromatic rings. The summed E-state index contributed by atoms with van der Waals surface area (Å²) in [4.78, 5) is 27.4. The second-order valence-electron chi connectivity index (χ2n) is 11.5. The summed E-state index contributed by atoms with van der Waals surface area (Å²) in [5.74, 6) is 0.655. The average molecular weight is 567 g/mol. The van der Waals surface area contributed by atoms with Crippen molar-refractivity contribution in [3.63, 3.8) is 0 Å². The van der Waals surface area contributed by atoms with Gasteiger partial charge in [-0.3, -0.25) is 4.68 Å². The molecule has 1 atom stereocenters. The number of benzene rings is 3. The summed E-state index contributed by atoms with van der Waals surface area (Å²) in [5, 5.41) is 14.2. The molecule has 0 saturated carbocycles. The summed E-state index contributed by atoms with van der Waals surface area (Å²) in [7, 11) is 1.85. The second kappa shape index (κ2) is 12.0. The number of carbonyl (C=O) groups excluding carboxylic acids is 2. The fourth-order valence-electron chi connectivity index (χ4n) is 5.37. The van der Waals surface area contributed by atoms with Crippen LogP contribution < -0.4 is 16.0 Å². The van der Waals surface area contributed by atoms with Gasteiger partial charge in [0.1, 0.15) is 22.6 Å². The fraction of sp³-hybridized carbons (Fsp3) is 0.303. The molecule has 1 unspecified atom stereocenters.